The van der Waals surface area contributed by atoms with Crippen molar-refractivity contribution in [2.45, 2.75) is 44.9 Å². The van der Waals surface area contributed by atoms with Crippen LogP contribution < -0.4 is 19.8 Å². The molecule has 0 radical (unpaired) electrons. The minimum Gasteiger partial charge on any atom is -0.372 e. The third-order valence-electron chi connectivity index (χ3n) is 11.6. The molecule has 0 saturated carbocycles. The SMILES string of the molecule is CCCS(=O)(=O)Nc1cccc(-c2cn(-c3ccc(N4CCN(CC5CCN(c6ccc([C@H]7CCC(=O)NC7=O)cc6)CC5)CC4)cc3)nc2-c2ccncc2)c1F. The predicted octanol–water partition coefficient (Wildman–Crippen LogP) is 6.45. The molecule has 58 heavy (non-hydrogen) atoms. The second-order valence-electron chi connectivity index (χ2n) is 15.5. The summed E-state index contributed by atoms with van der Waals surface area (Å²) in [7, 11) is -3.69. The number of hydrogen-bond donors (Lipinski definition) is 2. The zero-order chi connectivity index (χ0) is 40.2. The van der Waals surface area contributed by atoms with E-state index in [1.165, 1.54) is 11.8 Å². The molecular weight excluding hydrogens is 756 g/mol. The first kappa shape index (κ1) is 39.2. The molecule has 5 heterocycles. The number of aromatic nitrogens is 3. The van der Waals surface area contributed by atoms with Crippen LogP contribution in [0.25, 0.3) is 28.1 Å². The van der Waals surface area contributed by atoms with E-state index in [1.54, 1.807) is 42.3 Å². The van der Waals surface area contributed by atoms with Gasteiger partial charge in [-0.3, -0.25) is 29.5 Å². The van der Waals surface area contributed by atoms with Gasteiger partial charge in [0.1, 0.15) is 5.69 Å². The summed E-state index contributed by atoms with van der Waals surface area (Å²) in [4.78, 5) is 35.4. The van der Waals surface area contributed by atoms with Crippen LogP contribution in [-0.2, 0) is 19.6 Å². The maximum atomic E-state index is 16.0. The third kappa shape index (κ3) is 8.77. The van der Waals surface area contributed by atoms with E-state index in [1.807, 2.05) is 36.4 Å². The number of pyridine rings is 1. The van der Waals surface area contributed by atoms with Gasteiger partial charge in [-0.05, 0) is 91.8 Å². The van der Waals surface area contributed by atoms with E-state index in [4.69, 9.17) is 5.10 Å². The van der Waals surface area contributed by atoms with Crippen molar-refractivity contribution >= 4 is 38.9 Å². The minimum atomic E-state index is -3.69. The number of piperazine rings is 1. The monoisotopic (exact) mass is 804 g/mol. The molecule has 2 aromatic heterocycles. The minimum absolute atomic E-state index is 0.0954. The van der Waals surface area contributed by atoms with Gasteiger partial charge in [0.15, 0.2) is 5.82 Å². The quantitative estimate of drug-likeness (QED) is 0.137. The molecule has 8 rings (SSSR count). The van der Waals surface area contributed by atoms with Gasteiger partial charge in [0, 0.05) is 98.9 Å². The van der Waals surface area contributed by atoms with E-state index in [9.17, 15) is 18.0 Å². The summed E-state index contributed by atoms with van der Waals surface area (Å²) in [6.45, 7) is 8.77. The first-order valence-corrected chi connectivity index (χ1v) is 21.8. The summed E-state index contributed by atoms with van der Waals surface area (Å²) in [5, 5.41) is 7.36. The highest BCUT2D eigenvalue weighted by Gasteiger charge is 2.29. The zero-order valence-electron chi connectivity index (χ0n) is 32.7. The number of nitrogens with one attached hydrogen (secondary N) is 2. The molecule has 3 fully saturated rings. The lowest BCUT2D eigenvalue weighted by Crippen LogP contribution is -2.49. The lowest BCUT2D eigenvalue weighted by Gasteiger charge is -2.40. The van der Waals surface area contributed by atoms with Crippen LogP contribution in [-0.4, -0.2) is 91.5 Å². The molecule has 3 aliphatic heterocycles. The molecule has 0 unspecified atom stereocenters. The maximum absolute atomic E-state index is 16.0. The maximum Gasteiger partial charge on any atom is 0.234 e. The average Bonchev–Trinajstić information content (AvgIpc) is 3.68. The molecule has 0 bridgehead atoms. The van der Waals surface area contributed by atoms with Gasteiger partial charge in [0.25, 0.3) is 0 Å². The fourth-order valence-corrected chi connectivity index (χ4v) is 9.54. The molecule has 5 aromatic rings. The molecular formula is C44H49FN8O4S. The number of rotatable bonds is 12. The van der Waals surface area contributed by atoms with Crippen molar-refractivity contribution in [3.05, 3.63) is 109 Å². The number of nitrogens with zero attached hydrogens (tertiary/aromatic N) is 6. The Balaban J connectivity index is 0.873. The average molecular weight is 805 g/mol. The van der Waals surface area contributed by atoms with Gasteiger partial charge in [-0.25, -0.2) is 17.5 Å². The van der Waals surface area contributed by atoms with Crippen molar-refractivity contribution in [2.24, 2.45) is 5.92 Å². The summed E-state index contributed by atoms with van der Waals surface area (Å²) < 4.78 is 45.2. The van der Waals surface area contributed by atoms with Gasteiger partial charge in [0.05, 0.1) is 23.0 Å². The molecule has 3 saturated heterocycles. The van der Waals surface area contributed by atoms with Crippen LogP contribution in [0.5, 0.6) is 0 Å². The Labute approximate surface area is 339 Å². The first-order chi connectivity index (χ1) is 28.1. The molecule has 1 atom stereocenters. The second-order valence-corrected chi connectivity index (χ2v) is 17.3. The van der Waals surface area contributed by atoms with Gasteiger partial charge in [-0.2, -0.15) is 5.10 Å². The van der Waals surface area contributed by atoms with Crippen molar-refractivity contribution in [1.29, 1.82) is 0 Å². The van der Waals surface area contributed by atoms with E-state index in [2.05, 4.69) is 54.0 Å². The van der Waals surface area contributed by atoms with Crippen LogP contribution in [0, 0.1) is 11.7 Å². The number of sulfonamides is 1. The van der Waals surface area contributed by atoms with E-state index in [0.717, 1.165) is 81.2 Å². The predicted molar refractivity (Wildman–Crippen MR) is 225 cm³/mol. The molecule has 12 nitrogen and oxygen atoms in total. The Hall–Kier alpha value is -5.60. The topological polar surface area (TPSA) is 133 Å². The van der Waals surface area contributed by atoms with E-state index in [0.29, 0.717) is 36.4 Å². The van der Waals surface area contributed by atoms with Crippen LogP contribution in [0.15, 0.2) is 97.5 Å². The lowest BCUT2D eigenvalue weighted by atomic mass is 9.90. The van der Waals surface area contributed by atoms with Crippen molar-refractivity contribution < 1.29 is 22.4 Å². The summed E-state index contributed by atoms with van der Waals surface area (Å²) in [5.41, 5.74) is 6.11. The fourth-order valence-electron chi connectivity index (χ4n) is 8.41. The van der Waals surface area contributed by atoms with Gasteiger partial charge < -0.3 is 9.80 Å². The van der Waals surface area contributed by atoms with Crippen LogP contribution in [0.2, 0.25) is 0 Å². The summed E-state index contributed by atoms with van der Waals surface area (Å²) >= 11 is 0. The molecule has 0 spiro atoms. The molecule has 2 amide bonds. The number of hydrogen-bond acceptors (Lipinski definition) is 9. The van der Waals surface area contributed by atoms with Crippen LogP contribution in [0.3, 0.4) is 0 Å². The fraction of sp³-hybridized carbons (Fsp3) is 0.364. The van der Waals surface area contributed by atoms with E-state index >= 15 is 4.39 Å². The molecule has 3 aromatic carbocycles. The van der Waals surface area contributed by atoms with Crippen LogP contribution >= 0.6 is 0 Å². The van der Waals surface area contributed by atoms with E-state index in [-0.39, 0.29) is 34.7 Å². The van der Waals surface area contributed by atoms with E-state index < -0.39 is 15.8 Å². The standard InChI is InChI=1S/C44H49FN8O4S/c1-2-28-58(56,57)49-40-5-3-4-38(42(40)45)39-30-53(48-43(39)33-16-20-46-21-17-33)36-12-10-35(11-13-36)52-26-24-50(25-27-52)29-31-18-22-51(23-19-31)34-8-6-32(7-9-34)37-14-15-41(54)47-44(37)55/h3-13,16-17,20-21,30-31,37,49H,2,14-15,18-19,22-29H2,1H3,(H,47,54,55)/t37-/m1/s1. The highest BCUT2D eigenvalue weighted by Crippen LogP contribution is 2.36. The van der Waals surface area contributed by atoms with Crippen molar-refractivity contribution in [3.63, 3.8) is 0 Å². The number of piperidine rings is 2. The van der Waals surface area contributed by atoms with Gasteiger partial charge in [-0.1, -0.05) is 31.2 Å². The van der Waals surface area contributed by atoms with Crippen molar-refractivity contribution in [1.82, 2.24) is 25.0 Å². The third-order valence-corrected chi connectivity index (χ3v) is 13.1. The zero-order valence-corrected chi connectivity index (χ0v) is 33.5. The lowest BCUT2D eigenvalue weighted by molar-refractivity contribution is -0.134. The summed E-state index contributed by atoms with van der Waals surface area (Å²) in [6.07, 6.45) is 8.77. The Morgan fingerprint density at radius 1 is 0.793 bits per heavy atom. The van der Waals surface area contributed by atoms with Crippen molar-refractivity contribution in [3.8, 4) is 28.1 Å². The Bertz CT molecular complexity index is 2340. The normalized spacial score (nSPS) is 18.3. The number of anilines is 3. The number of imide groups is 1. The second kappa shape index (κ2) is 17.1. The largest absolute Gasteiger partial charge is 0.372 e. The van der Waals surface area contributed by atoms with Crippen molar-refractivity contribution in [2.75, 3.05) is 66.1 Å². The van der Waals surface area contributed by atoms with Crippen LogP contribution in [0.1, 0.15) is 50.5 Å². The Kier molecular flexibility index (Phi) is 11.6. The number of halogens is 1. The molecule has 302 valence electrons. The molecule has 3 aliphatic rings. The Morgan fingerprint density at radius 2 is 1.45 bits per heavy atom. The van der Waals surface area contributed by atoms with Gasteiger partial charge in [0.2, 0.25) is 21.8 Å². The summed E-state index contributed by atoms with van der Waals surface area (Å²) in [5.74, 6) is -0.742. The number of amides is 2. The number of carbonyl (C=O) groups excluding carboxylic acids is 2. The highest BCUT2D eigenvalue weighted by molar-refractivity contribution is 7.92. The van der Waals surface area contributed by atoms with Gasteiger partial charge >= 0.3 is 0 Å². The van der Waals surface area contributed by atoms with Crippen LogP contribution in [0.4, 0.5) is 21.5 Å². The molecule has 14 heteroatoms. The molecule has 0 aliphatic carbocycles. The number of benzene rings is 3. The summed E-state index contributed by atoms with van der Waals surface area (Å²) in [6, 6.07) is 24.9. The number of carbonyl (C=O) groups is 2. The highest BCUT2D eigenvalue weighted by atomic mass is 32.2. The smallest absolute Gasteiger partial charge is 0.234 e. The molecule has 2 N–H and O–H groups in total. The first-order valence-electron chi connectivity index (χ1n) is 20.2. The Morgan fingerprint density at radius 3 is 2.12 bits per heavy atom. The van der Waals surface area contributed by atoms with Gasteiger partial charge in [-0.15, -0.1) is 0 Å².